The van der Waals surface area contributed by atoms with Crippen LogP contribution in [0.25, 0.3) is 0 Å². The van der Waals surface area contributed by atoms with Crippen LogP contribution >= 0.6 is 0 Å². The van der Waals surface area contributed by atoms with Gasteiger partial charge >= 0.3 is 0 Å². The van der Waals surface area contributed by atoms with Gasteiger partial charge in [0.15, 0.2) is 0 Å². The number of aliphatic hydroxyl groups is 1. The predicted molar refractivity (Wildman–Crippen MR) is 61.9 cm³/mol. The average molecular weight is 255 g/mol. The van der Waals surface area contributed by atoms with Gasteiger partial charge in [0.25, 0.3) is 0 Å². The summed E-state index contributed by atoms with van der Waals surface area (Å²) in [4.78, 5) is 13.5. The van der Waals surface area contributed by atoms with Crippen LogP contribution in [0.4, 0.5) is 8.78 Å². The minimum Gasteiger partial charge on any atom is -0.394 e. The van der Waals surface area contributed by atoms with Crippen molar-refractivity contribution in [2.24, 2.45) is 0 Å². The van der Waals surface area contributed by atoms with Crippen molar-refractivity contribution in [2.45, 2.75) is 25.3 Å². The smallest absolute Gasteiger partial charge is 0.227 e. The molecule has 1 aromatic rings. The summed E-state index contributed by atoms with van der Waals surface area (Å²) in [5.41, 5.74) is -0.203. The molecule has 0 spiro atoms. The molecule has 0 unspecified atom stereocenters. The lowest BCUT2D eigenvalue weighted by Gasteiger charge is -2.23. The first-order chi connectivity index (χ1) is 8.63. The van der Waals surface area contributed by atoms with Crippen molar-refractivity contribution >= 4 is 5.91 Å². The maximum absolute atomic E-state index is 13.4. The van der Waals surface area contributed by atoms with E-state index >= 15 is 0 Å². The Hall–Kier alpha value is -1.49. The van der Waals surface area contributed by atoms with Crippen molar-refractivity contribution < 1.29 is 18.7 Å². The molecule has 3 nitrogen and oxygen atoms in total. The second kappa shape index (κ2) is 5.44. The van der Waals surface area contributed by atoms with E-state index in [4.69, 9.17) is 5.11 Å². The highest BCUT2D eigenvalue weighted by molar-refractivity contribution is 5.79. The molecule has 0 radical (unpaired) electrons. The molecule has 0 saturated carbocycles. The number of likely N-dealkylation sites (tertiary alicyclic amines) is 1. The first-order valence-electron chi connectivity index (χ1n) is 5.96. The number of carbonyl (C=O) groups excluding carboxylic acids is 1. The highest BCUT2D eigenvalue weighted by Crippen LogP contribution is 2.20. The Labute approximate surface area is 104 Å². The third-order valence-electron chi connectivity index (χ3n) is 3.30. The molecule has 0 bridgehead atoms. The van der Waals surface area contributed by atoms with Gasteiger partial charge in [-0.2, -0.15) is 0 Å². The monoisotopic (exact) mass is 255 g/mol. The lowest BCUT2D eigenvalue weighted by atomic mass is 10.1. The maximum atomic E-state index is 13.4. The van der Waals surface area contributed by atoms with E-state index in [9.17, 15) is 13.6 Å². The van der Waals surface area contributed by atoms with Crippen LogP contribution in [-0.2, 0) is 11.2 Å². The molecule has 0 aliphatic carbocycles. The van der Waals surface area contributed by atoms with E-state index in [1.807, 2.05) is 0 Å². The van der Waals surface area contributed by atoms with E-state index in [0.717, 1.165) is 25.0 Å². The third-order valence-corrected chi connectivity index (χ3v) is 3.30. The van der Waals surface area contributed by atoms with Gasteiger partial charge in [-0.15, -0.1) is 0 Å². The van der Waals surface area contributed by atoms with Crippen molar-refractivity contribution in [1.82, 2.24) is 4.90 Å². The zero-order chi connectivity index (χ0) is 13.1. The quantitative estimate of drug-likeness (QED) is 0.889. The zero-order valence-electron chi connectivity index (χ0n) is 9.90. The van der Waals surface area contributed by atoms with E-state index in [1.54, 1.807) is 0 Å². The van der Waals surface area contributed by atoms with Crippen molar-refractivity contribution in [2.75, 3.05) is 13.2 Å². The molecule has 1 aliphatic rings. The molecular weight excluding hydrogens is 240 g/mol. The van der Waals surface area contributed by atoms with Crippen LogP contribution < -0.4 is 0 Å². The number of hydrogen-bond donors (Lipinski definition) is 1. The Bertz CT molecular complexity index is 430. The molecular formula is C13H15F2NO2. The fourth-order valence-corrected chi connectivity index (χ4v) is 2.31. The lowest BCUT2D eigenvalue weighted by molar-refractivity contribution is -0.132. The van der Waals surface area contributed by atoms with Gasteiger partial charge in [0, 0.05) is 12.1 Å². The maximum Gasteiger partial charge on any atom is 0.227 e. The average Bonchev–Trinajstić information content (AvgIpc) is 2.82. The van der Waals surface area contributed by atoms with Crippen LogP contribution in [0.1, 0.15) is 18.4 Å². The summed E-state index contributed by atoms with van der Waals surface area (Å²) in [7, 11) is 0. The molecule has 1 amide bonds. The number of carbonyl (C=O) groups is 1. The summed E-state index contributed by atoms with van der Waals surface area (Å²) >= 11 is 0. The third kappa shape index (κ3) is 2.51. The summed E-state index contributed by atoms with van der Waals surface area (Å²) < 4.78 is 26.8. The number of rotatable bonds is 3. The van der Waals surface area contributed by atoms with E-state index < -0.39 is 11.6 Å². The van der Waals surface area contributed by atoms with E-state index in [2.05, 4.69) is 0 Å². The molecule has 1 aromatic carbocycles. The molecule has 5 heteroatoms. The van der Waals surface area contributed by atoms with Crippen LogP contribution in [0.5, 0.6) is 0 Å². The van der Waals surface area contributed by atoms with Gasteiger partial charge in [0.1, 0.15) is 11.6 Å². The van der Waals surface area contributed by atoms with E-state index in [1.165, 1.54) is 11.0 Å². The molecule has 1 saturated heterocycles. The fourth-order valence-electron chi connectivity index (χ4n) is 2.31. The predicted octanol–water partition coefficient (Wildman–Crippen LogP) is 1.49. The first-order valence-corrected chi connectivity index (χ1v) is 5.96. The molecule has 1 N–H and O–H groups in total. The molecule has 18 heavy (non-hydrogen) atoms. The number of benzene rings is 1. The summed E-state index contributed by atoms with van der Waals surface area (Å²) in [6.45, 7) is 0.436. The first kappa shape index (κ1) is 13.0. The Morgan fingerprint density at radius 1 is 1.39 bits per heavy atom. The van der Waals surface area contributed by atoms with Gasteiger partial charge in [-0.1, -0.05) is 6.07 Å². The van der Waals surface area contributed by atoms with Crippen molar-refractivity contribution in [3.63, 3.8) is 0 Å². The molecule has 0 aromatic heterocycles. The molecule has 98 valence electrons. The van der Waals surface area contributed by atoms with Crippen molar-refractivity contribution in [3.05, 3.63) is 35.4 Å². The highest BCUT2D eigenvalue weighted by Gasteiger charge is 2.28. The molecule has 1 fully saturated rings. The molecule has 1 atom stereocenters. The number of nitrogens with zero attached hydrogens (tertiary/aromatic N) is 1. The minimum atomic E-state index is -0.705. The van der Waals surface area contributed by atoms with Crippen LogP contribution in [0.2, 0.25) is 0 Å². The number of aliphatic hydroxyl groups excluding tert-OH is 1. The van der Waals surface area contributed by atoms with E-state index in [-0.39, 0.29) is 30.5 Å². The second-order valence-corrected chi connectivity index (χ2v) is 4.44. The molecule has 1 aliphatic heterocycles. The number of halogens is 2. The van der Waals surface area contributed by atoms with Crippen LogP contribution in [-0.4, -0.2) is 35.1 Å². The number of hydrogen-bond acceptors (Lipinski definition) is 2. The summed E-state index contributed by atoms with van der Waals surface area (Å²) in [5, 5.41) is 9.12. The lowest BCUT2D eigenvalue weighted by Crippen LogP contribution is -2.38. The Balaban J connectivity index is 2.12. The normalized spacial score (nSPS) is 19.3. The number of amides is 1. The van der Waals surface area contributed by atoms with Crippen molar-refractivity contribution in [1.29, 1.82) is 0 Å². The zero-order valence-corrected chi connectivity index (χ0v) is 9.90. The highest BCUT2D eigenvalue weighted by atomic mass is 19.1. The SMILES string of the molecule is O=C(Cc1c(F)cccc1F)N1CCC[C@@H]1CO. The Morgan fingerprint density at radius 3 is 2.67 bits per heavy atom. The van der Waals surface area contributed by atoms with Crippen LogP contribution in [0.15, 0.2) is 18.2 Å². The van der Waals surface area contributed by atoms with Gasteiger partial charge in [0.2, 0.25) is 5.91 Å². The largest absolute Gasteiger partial charge is 0.394 e. The molecule has 1 heterocycles. The fraction of sp³-hybridized carbons (Fsp3) is 0.462. The topological polar surface area (TPSA) is 40.5 Å². The van der Waals surface area contributed by atoms with Gasteiger partial charge in [0.05, 0.1) is 19.1 Å². The standard InChI is InChI=1S/C13H15F2NO2/c14-11-4-1-5-12(15)10(11)7-13(18)16-6-2-3-9(16)8-17/h1,4-5,9,17H,2-3,6-8H2/t9-/m1/s1. The van der Waals surface area contributed by atoms with Crippen LogP contribution in [0.3, 0.4) is 0 Å². The second-order valence-electron chi connectivity index (χ2n) is 4.44. The van der Waals surface area contributed by atoms with E-state index in [0.29, 0.717) is 6.54 Å². The van der Waals surface area contributed by atoms with Gasteiger partial charge in [-0.25, -0.2) is 8.78 Å². The summed E-state index contributed by atoms with van der Waals surface area (Å²) in [6.07, 6.45) is 1.26. The summed E-state index contributed by atoms with van der Waals surface area (Å²) in [5.74, 6) is -1.75. The van der Waals surface area contributed by atoms with Crippen LogP contribution in [0, 0.1) is 11.6 Å². The Kier molecular flexibility index (Phi) is 3.91. The van der Waals surface area contributed by atoms with Gasteiger partial charge in [-0.3, -0.25) is 4.79 Å². The Morgan fingerprint density at radius 2 is 2.06 bits per heavy atom. The van der Waals surface area contributed by atoms with Crippen molar-refractivity contribution in [3.8, 4) is 0 Å². The summed E-state index contributed by atoms with van der Waals surface area (Å²) in [6, 6.07) is 3.33. The molecule has 2 rings (SSSR count). The minimum absolute atomic E-state index is 0.106. The van der Waals surface area contributed by atoms with Gasteiger partial charge < -0.3 is 10.0 Å². The van der Waals surface area contributed by atoms with Gasteiger partial charge in [-0.05, 0) is 25.0 Å².